The Hall–Kier alpha value is -0.790. The van der Waals surface area contributed by atoms with Gasteiger partial charge in [-0.1, -0.05) is 31.9 Å². The van der Waals surface area contributed by atoms with E-state index in [0.717, 1.165) is 30.6 Å². The minimum atomic E-state index is -0.643. The molecule has 1 unspecified atom stereocenters. The molecular formula is C23H36O2. The summed E-state index contributed by atoms with van der Waals surface area (Å²) in [6, 6.07) is 0. The first-order valence-electron chi connectivity index (χ1n) is 10.9. The van der Waals surface area contributed by atoms with Gasteiger partial charge in [0.25, 0.3) is 0 Å². The van der Waals surface area contributed by atoms with Crippen molar-refractivity contribution in [3.8, 4) is 0 Å². The Kier molecular flexibility index (Phi) is 4.53. The van der Waals surface area contributed by atoms with E-state index < -0.39 is 5.97 Å². The van der Waals surface area contributed by atoms with E-state index in [1.165, 1.54) is 57.8 Å². The van der Waals surface area contributed by atoms with Gasteiger partial charge in [-0.3, -0.25) is 4.79 Å². The summed E-state index contributed by atoms with van der Waals surface area (Å²) in [6.07, 6.45) is 17.6. The lowest BCUT2D eigenvalue weighted by atomic mass is 9.47. The topological polar surface area (TPSA) is 37.3 Å². The third kappa shape index (κ3) is 2.98. The van der Waals surface area contributed by atoms with E-state index in [2.05, 4.69) is 19.9 Å². The molecule has 4 aliphatic carbocycles. The fourth-order valence-corrected chi connectivity index (χ4v) is 7.54. The third-order valence-corrected chi connectivity index (χ3v) is 8.95. The van der Waals surface area contributed by atoms with Crippen LogP contribution in [0, 0.1) is 34.5 Å². The quantitative estimate of drug-likeness (QED) is 0.615. The smallest absolute Gasteiger partial charge is 0.303 e. The zero-order valence-corrected chi connectivity index (χ0v) is 16.2. The van der Waals surface area contributed by atoms with Gasteiger partial charge in [-0.15, -0.1) is 0 Å². The summed E-state index contributed by atoms with van der Waals surface area (Å²) >= 11 is 0. The number of hydrogen-bond donors (Lipinski definition) is 1. The molecule has 0 heterocycles. The molecule has 0 spiro atoms. The number of fused-ring (bicyclic) bond motifs is 5. The van der Waals surface area contributed by atoms with E-state index in [-0.39, 0.29) is 0 Å². The number of carboxylic acids is 1. The molecule has 4 aliphatic rings. The van der Waals surface area contributed by atoms with Crippen LogP contribution in [0.3, 0.4) is 0 Å². The third-order valence-electron chi connectivity index (χ3n) is 8.95. The van der Waals surface area contributed by atoms with Gasteiger partial charge in [-0.05, 0) is 98.7 Å². The van der Waals surface area contributed by atoms with Crippen molar-refractivity contribution in [1.82, 2.24) is 0 Å². The highest BCUT2D eigenvalue weighted by molar-refractivity contribution is 5.66. The van der Waals surface area contributed by atoms with Crippen LogP contribution in [0.15, 0.2) is 11.6 Å². The van der Waals surface area contributed by atoms with E-state index in [1.807, 2.05) is 0 Å². The van der Waals surface area contributed by atoms with Crippen LogP contribution in [0.4, 0.5) is 0 Å². The van der Waals surface area contributed by atoms with E-state index in [0.29, 0.717) is 23.2 Å². The van der Waals surface area contributed by atoms with E-state index in [4.69, 9.17) is 5.11 Å². The minimum Gasteiger partial charge on any atom is -0.481 e. The first-order chi connectivity index (χ1) is 11.9. The van der Waals surface area contributed by atoms with Crippen molar-refractivity contribution in [2.45, 2.75) is 90.9 Å². The number of carboxylic acid groups (broad SMARTS) is 1. The zero-order chi connectivity index (χ0) is 17.7. The number of allylic oxidation sites excluding steroid dienone is 2. The van der Waals surface area contributed by atoms with Gasteiger partial charge < -0.3 is 5.11 Å². The lowest BCUT2D eigenvalue weighted by molar-refractivity contribution is -0.137. The van der Waals surface area contributed by atoms with Gasteiger partial charge in [-0.25, -0.2) is 0 Å². The molecule has 0 aliphatic heterocycles. The number of carbonyl (C=O) groups is 1. The Balaban J connectivity index is 1.48. The van der Waals surface area contributed by atoms with Gasteiger partial charge in [0.2, 0.25) is 0 Å². The van der Waals surface area contributed by atoms with Crippen LogP contribution in [-0.2, 0) is 4.79 Å². The summed E-state index contributed by atoms with van der Waals surface area (Å²) in [5.74, 6) is 2.89. The summed E-state index contributed by atoms with van der Waals surface area (Å²) in [6.45, 7) is 5.18. The Labute approximate surface area is 153 Å². The molecule has 1 N–H and O–H groups in total. The molecule has 0 aromatic carbocycles. The maximum atomic E-state index is 10.8. The highest BCUT2D eigenvalue weighted by atomic mass is 16.4. The fourth-order valence-electron chi connectivity index (χ4n) is 7.54. The van der Waals surface area contributed by atoms with E-state index in [9.17, 15) is 4.79 Å². The molecule has 3 fully saturated rings. The highest BCUT2D eigenvalue weighted by Gasteiger charge is 2.55. The lowest BCUT2D eigenvalue weighted by Crippen LogP contribution is -2.49. The lowest BCUT2D eigenvalue weighted by Gasteiger charge is -2.58. The second kappa shape index (κ2) is 6.43. The van der Waals surface area contributed by atoms with Gasteiger partial charge in [0.1, 0.15) is 0 Å². The predicted octanol–water partition coefficient (Wildman–Crippen LogP) is 6.21. The average molecular weight is 345 g/mol. The van der Waals surface area contributed by atoms with E-state index >= 15 is 0 Å². The van der Waals surface area contributed by atoms with Crippen LogP contribution in [0.5, 0.6) is 0 Å². The van der Waals surface area contributed by atoms with Crippen molar-refractivity contribution in [2.75, 3.05) is 0 Å². The van der Waals surface area contributed by atoms with Gasteiger partial charge in [0.15, 0.2) is 0 Å². The van der Waals surface area contributed by atoms with Crippen molar-refractivity contribution in [3.05, 3.63) is 11.6 Å². The molecule has 0 aromatic rings. The van der Waals surface area contributed by atoms with Gasteiger partial charge in [0.05, 0.1) is 0 Å². The SMILES string of the molecule is C[C@@]12CCC[C@H]1[C@@H]1CCC3=CC(CCCC(=O)O)CC[C@]3(C)[C@H]1CC2. The van der Waals surface area contributed by atoms with Crippen LogP contribution in [0.1, 0.15) is 90.9 Å². The summed E-state index contributed by atoms with van der Waals surface area (Å²) in [5.41, 5.74) is 2.87. The monoisotopic (exact) mass is 344 g/mol. The summed E-state index contributed by atoms with van der Waals surface area (Å²) in [7, 11) is 0. The summed E-state index contributed by atoms with van der Waals surface area (Å²) < 4.78 is 0. The Bertz CT molecular complexity index is 564. The van der Waals surface area contributed by atoms with Crippen molar-refractivity contribution in [2.24, 2.45) is 34.5 Å². The molecule has 0 aromatic heterocycles. The van der Waals surface area contributed by atoms with E-state index in [1.54, 1.807) is 5.57 Å². The Morgan fingerprint density at radius 1 is 1.12 bits per heavy atom. The van der Waals surface area contributed by atoms with Crippen LogP contribution in [0.25, 0.3) is 0 Å². The molecule has 0 saturated heterocycles. The molecule has 4 rings (SSSR count). The van der Waals surface area contributed by atoms with Crippen LogP contribution in [0.2, 0.25) is 0 Å². The summed E-state index contributed by atoms with van der Waals surface area (Å²) in [4.78, 5) is 10.8. The minimum absolute atomic E-state index is 0.335. The molecule has 6 atom stereocenters. The zero-order valence-electron chi connectivity index (χ0n) is 16.2. The van der Waals surface area contributed by atoms with Gasteiger partial charge >= 0.3 is 5.97 Å². The van der Waals surface area contributed by atoms with Crippen molar-refractivity contribution in [3.63, 3.8) is 0 Å². The second-order valence-corrected chi connectivity index (χ2v) is 10.2. The maximum Gasteiger partial charge on any atom is 0.303 e. The number of aliphatic carboxylic acids is 1. The molecule has 2 nitrogen and oxygen atoms in total. The standard InChI is InChI=1S/C23H36O2/c1-22-12-4-6-19(22)18-9-8-17-15-16(5-3-7-21(24)25)10-14-23(17,2)20(18)11-13-22/h15-16,18-20H,3-14H2,1-2H3,(H,24,25)/t16?,18-,19-,20-,22-,23-/m0/s1. The number of hydrogen-bond acceptors (Lipinski definition) is 1. The maximum absolute atomic E-state index is 10.8. The molecule has 0 radical (unpaired) electrons. The normalized spacial score (nSPS) is 45.9. The first-order valence-corrected chi connectivity index (χ1v) is 10.9. The predicted molar refractivity (Wildman–Crippen MR) is 101 cm³/mol. The van der Waals surface area contributed by atoms with Gasteiger partial charge in [-0.2, -0.15) is 0 Å². The van der Waals surface area contributed by atoms with Crippen LogP contribution < -0.4 is 0 Å². The van der Waals surface area contributed by atoms with Crippen molar-refractivity contribution >= 4 is 5.97 Å². The molecular weight excluding hydrogens is 308 g/mol. The average Bonchev–Trinajstić information content (AvgIpc) is 2.96. The fraction of sp³-hybridized carbons (Fsp3) is 0.870. The second-order valence-electron chi connectivity index (χ2n) is 10.2. The molecule has 3 saturated carbocycles. The largest absolute Gasteiger partial charge is 0.481 e. The Morgan fingerprint density at radius 3 is 2.76 bits per heavy atom. The molecule has 0 bridgehead atoms. The Morgan fingerprint density at radius 2 is 1.96 bits per heavy atom. The van der Waals surface area contributed by atoms with Crippen LogP contribution in [-0.4, -0.2) is 11.1 Å². The van der Waals surface area contributed by atoms with Crippen molar-refractivity contribution < 1.29 is 9.90 Å². The highest BCUT2D eigenvalue weighted by Crippen LogP contribution is 2.65. The molecule has 0 amide bonds. The molecule has 2 heteroatoms. The number of rotatable bonds is 4. The first kappa shape index (κ1) is 17.6. The van der Waals surface area contributed by atoms with Crippen molar-refractivity contribution in [1.29, 1.82) is 0 Å². The van der Waals surface area contributed by atoms with Gasteiger partial charge in [0, 0.05) is 6.42 Å². The summed E-state index contributed by atoms with van der Waals surface area (Å²) in [5, 5.41) is 8.88. The molecule has 25 heavy (non-hydrogen) atoms. The van der Waals surface area contributed by atoms with Crippen LogP contribution >= 0.6 is 0 Å². The molecule has 140 valence electrons.